The van der Waals surface area contributed by atoms with Crippen molar-refractivity contribution in [3.05, 3.63) is 46.2 Å². The number of rotatable bonds is 3. The van der Waals surface area contributed by atoms with Gasteiger partial charge in [-0.05, 0) is 64.5 Å². The molecule has 1 saturated carbocycles. The van der Waals surface area contributed by atoms with Crippen molar-refractivity contribution in [2.24, 2.45) is 0 Å². The van der Waals surface area contributed by atoms with E-state index in [9.17, 15) is 9.59 Å². The minimum Gasteiger partial charge on any atom is -0.465 e. The average Bonchev–Trinajstić information content (AvgIpc) is 3.25. The van der Waals surface area contributed by atoms with Crippen molar-refractivity contribution < 1.29 is 18.7 Å². The average molecular weight is 355 g/mol. The fourth-order valence-corrected chi connectivity index (χ4v) is 4.37. The summed E-state index contributed by atoms with van der Waals surface area (Å²) in [5.41, 5.74) is 2.88. The summed E-state index contributed by atoms with van der Waals surface area (Å²) < 4.78 is 11.6. The number of hydrogen-bond donors (Lipinski definition) is 1. The summed E-state index contributed by atoms with van der Waals surface area (Å²) >= 11 is 0. The first kappa shape index (κ1) is 17.1. The van der Waals surface area contributed by atoms with Crippen LogP contribution in [0.3, 0.4) is 0 Å². The lowest BCUT2D eigenvalue weighted by atomic mass is 9.77. The summed E-state index contributed by atoms with van der Waals surface area (Å²) in [5, 5.41) is 3.31. The zero-order valence-corrected chi connectivity index (χ0v) is 15.4. The third-order valence-corrected chi connectivity index (χ3v) is 5.62. The van der Waals surface area contributed by atoms with Crippen LogP contribution >= 0.6 is 0 Å². The van der Waals surface area contributed by atoms with Gasteiger partial charge in [0.1, 0.15) is 17.6 Å². The molecular weight excluding hydrogens is 330 g/mol. The van der Waals surface area contributed by atoms with E-state index in [1.54, 1.807) is 0 Å². The lowest BCUT2D eigenvalue weighted by Crippen LogP contribution is -2.35. The number of nitrogens with one attached hydrogen (secondary N) is 1. The van der Waals surface area contributed by atoms with Gasteiger partial charge in [0.05, 0.1) is 11.5 Å². The van der Waals surface area contributed by atoms with Gasteiger partial charge in [-0.25, -0.2) is 4.79 Å². The van der Waals surface area contributed by atoms with E-state index in [4.69, 9.17) is 9.15 Å². The van der Waals surface area contributed by atoms with Crippen LogP contribution in [0.4, 0.5) is 0 Å². The molecule has 2 aliphatic carbocycles. The molecule has 1 fully saturated rings. The molecule has 0 aromatic carbocycles. The van der Waals surface area contributed by atoms with E-state index in [1.807, 2.05) is 26.0 Å². The minimum absolute atomic E-state index is 0.0146. The van der Waals surface area contributed by atoms with Crippen LogP contribution in [0.2, 0.25) is 0 Å². The lowest BCUT2D eigenvalue weighted by Gasteiger charge is -2.33. The Morgan fingerprint density at radius 3 is 2.62 bits per heavy atom. The normalized spacial score (nSPS) is 23.9. The molecule has 0 amide bonds. The maximum atomic E-state index is 13.0. The van der Waals surface area contributed by atoms with Crippen molar-refractivity contribution in [3.63, 3.8) is 0 Å². The number of carbonyl (C=O) groups is 2. The molecule has 1 atom stereocenters. The van der Waals surface area contributed by atoms with Crippen molar-refractivity contribution in [2.75, 3.05) is 0 Å². The van der Waals surface area contributed by atoms with Gasteiger partial charge in [0.25, 0.3) is 0 Å². The lowest BCUT2D eigenvalue weighted by molar-refractivity contribution is -0.144. The summed E-state index contributed by atoms with van der Waals surface area (Å²) in [4.78, 5) is 25.8. The molecule has 138 valence electrons. The Hall–Kier alpha value is -2.30. The third-order valence-electron chi connectivity index (χ3n) is 5.62. The predicted octanol–water partition coefficient (Wildman–Crippen LogP) is 4.04. The van der Waals surface area contributed by atoms with Gasteiger partial charge in [-0.2, -0.15) is 0 Å². The second kappa shape index (κ2) is 6.78. The number of ketones is 1. The van der Waals surface area contributed by atoms with E-state index in [2.05, 4.69) is 5.32 Å². The summed E-state index contributed by atoms with van der Waals surface area (Å²) in [5.74, 6) is 0.707. The van der Waals surface area contributed by atoms with Crippen LogP contribution in [-0.2, 0) is 14.3 Å². The van der Waals surface area contributed by atoms with Gasteiger partial charge < -0.3 is 14.5 Å². The Morgan fingerprint density at radius 2 is 1.92 bits per heavy atom. The van der Waals surface area contributed by atoms with Crippen LogP contribution in [0.25, 0.3) is 0 Å². The van der Waals surface area contributed by atoms with Crippen molar-refractivity contribution in [2.45, 2.75) is 70.8 Å². The van der Waals surface area contributed by atoms with E-state index >= 15 is 0 Å². The summed E-state index contributed by atoms with van der Waals surface area (Å²) in [6.45, 7) is 3.76. The number of furan rings is 1. The molecule has 1 aromatic rings. The molecular formula is C21H25NO4. The number of carbonyl (C=O) groups excluding carboxylic acids is 2. The van der Waals surface area contributed by atoms with E-state index in [0.717, 1.165) is 55.7 Å². The van der Waals surface area contributed by atoms with E-state index in [-0.39, 0.29) is 17.9 Å². The molecule has 0 radical (unpaired) electrons. The first-order chi connectivity index (χ1) is 12.5. The molecule has 1 aliphatic heterocycles. The Bertz CT molecular complexity index is 808. The zero-order valence-electron chi connectivity index (χ0n) is 15.4. The van der Waals surface area contributed by atoms with Gasteiger partial charge in [-0.3, -0.25) is 4.79 Å². The molecule has 5 nitrogen and oxygen atoms in total. The van der Waals surface area contributed by atoms with Crippen LogP contribution in [0, 0.1) is 6.92 Å². The van der Waals surface area contributed by atoms with E-state index < -0.39 is 5.92 Å². The Labute approximate surface area is 153 Å². The number of ether oxygens (including phenoxy) is 1. The number of aryl methyl sites for hydroxylation is 1. The highest BCUT2D eigenvalue weighted by Crippen LogP contribution is 2.43. The number of esters is 1. The molecule has 2 heterocycles. The second-order valence-corrected chi connectivity index (χ2v) is 7.53. The highest BCUT2D eigenvalue weighted by atomic mass is 16.5. The van der Waals surface area contributed by atoms with Crippen LogP contribution in [0.15, 0.2) is 39.1 Å². The molecule has 0 unspecified atom stereocenters. The number of Topliss-reactive ketones (excluding diaryl/α,β-unsaturated/α-hetero) is 1. The smallest absolute Gasteiger partial charge is 0.337 e. The Morgan fingerprint density at radius 1 is 1.15 bits per heavy atom. The standard InChI is InChI=1S/C21H25NO4/c1-12-10-11-17(25-12)20-18(21(24)26-14-6-3-4-7-14)13(2)22-15-8-5-9-16(23)19(15)20/h10-11,14,20,22H,3-9H2,1-2H3/t20-/m1/s1. The maximum Gasteiger partial charge on any atom is 0.337 e. The monoisotopic (exact) mass is 355 g/mol. The molecule has 0 spiro atoms. The largest absolute Gasteiger partial charge is 0.465 e. The first-order valence-corrected chi connectivity index (χ1v) is 9.56. The summed E-state index contributed by atoms with van der Waals surface area (Å²) in [6, 6.07) is 3.74. The SMILES string of the molecule is CC1=C(C(=O)OC2CCCC2)[C@@H](c2ccc(C)o2)C2=C(CCCC2=O)N1. The molecule has 1 aromatic heterocycles. The van der Waals surface area contributed by atoms with Crippen LogP contribution in [0.1, 0.15) is 69.3 Å². The number of dihydropyridines is 1. The molecule has 5 heteroatoms. The topological polar surface area (TPSA) is 68.5 Å². The van der Waals surface area contributed by atoms with Gasteiger partial charge in [0, 0.05) is 23.4 Å². The molecule has 0 saturated heterocycles. The van der Waals surface area contributed by atoms with Gasteiger partial charge in [0.15, 0.2) is 5.78 Å². The fourth-order valence-electron chi connectivity index (χ4n) is 4.37. The molecule has 26 heavy (non-hydrogen) atoms. The van der Waals surface area contributed by atoms with E-state index in [1.165, 1.54) is 0 Å². The third kappa shape index (κ3) is 3.00. The number of allylic oxidation sites excluding steroid dienone is 3. The van der Waals surface area contributed by atoms with Crippen molar-refractivity contribution in [1.82, 2.24) is 5.32 Å². The van der Waals surface area contributed by atoms with Gasteiger partial charge in [-0.15, -0.1) is 0 Å². The maximum absolute atomic E-state index is 13.0. The summed E-state index contributed by atoms with van der Waals surface area (Å²) in [6.07, 6.45) is 6.20. The minimum atomic E-state index is -0.471. The first-order valence-electron chi connectivity index (χ1n) is 9.56. The fraction of sp³-hybridized carbons (Fsp3) is 0.524. The van der Waals surface area contributed by atoms with Crippen molar-refractivity contribution in [3.8, 4) is 0 Å². The van der Waals surface area contributed by atoms with Crippen LogP contribution in [0.5, 0.6) is 0 Å². The Kier molecular flexibility index (Phi) is 4.47. The Balaban J connectivity index is 1.74. The van der Waals surface area contributed by atoms with Gasteiger partial charge in [-0.1, -0.05) is 0 Å². The molecule has 4 rings (SSSR count). The van der Waals surface area contributed by atoms with Crippen LogP contribution < -0.4 is 5.32 Å². The predicted molar refractivity (Wildman–Crippen MR) is 96.3 cm³/mol. The summed E-state index contributed by atoms with van der Waals surface area (Å²) in [7, 11) is 0. The zero-order chi connectivity index (χ0) is 18.3. The van der Waals surface area contributed by atoms with E-state index in [0.29, 0.717) is 23.3 Å². The molecule has 1 N–H and O–H groups in total. The quantitative estimate of drug-likeness (QED) is 0.829. The van der Waals surface area contributed by atoms with Crippen molar-refractivity contribution >= 4 is 11.8 Å². The molecule has 0 bridgehead atoms. The highest BCUT2D eigenvalue weighted by molar-refractivity contribution is 6.03. The highest BCUT2D eigenvalue weighted by Gasteiger charge is 2.41. The second-order valence-electron chi connectivity index (χ2n) is 7.53. The molecule has 3 aliphatic rings. The number of hydrogen-bond acceptors (Lipinski definition) is 5. The van der Waals surface area contributed by atoms with Gasteiger partial charge in [0.2, 0.25) is 0 Å². The van der Waals surface area contributed by atoms with Crippen LogP contribution in [-0.4, -0.2) is 17.9 Å². The van der Waals surface area contributed by atoms with Gasteiger partial charge >= 0.3 is 5.97 Å². The van der Waals surface area contributed by atoms with Crippen molar-refractivity contribution in [1.29, 1.82) is 0 Å².